The van der Waals surface area contributed by atoms with Crippen molar-refractivity contribution < 1.29 is 4.39 Å². The summed E-state index contributed by atoms with van der Waals surface area (Å²) in [4.78, 5) is 4.59. The van der Waals surface area contributed by atoms with Gasteiger partial charge in [-0.3, -0.25) is 4.99 Å². The summed E-state index contributed by atoms with van der Waals surface area (Å²) in [5.41, 5.74) is 6.50. The van der Waals surface area contributed by atoms with E-state index < -0.39 is 0 Å². The first-order valence-electron chi connectivity index (χ1n) is 6.09. The topological polar surface area (TPSA) is 50.4 Å². The Balaban J connectivity index is 1.85. The summed E-state index contributed by atoms with van der Waals surface area (Å²) in [5, 5.41) is 3.31. The second-order valence-corrected chi connectivity index (χ2v) is 4.85. The molecule has 1 saturated carbocycles. The predicted octanol–water partition coefficient (Wildman–Crippen LogP) is 1.42. The molecule has 90 valence electrons. The van der Waals surface area contributed by atoms with Gasteiger partial charge in [-0.1, -0.05) is 12.1 Å². The van der Waals surface area contributed by atoms with Gasteiger partial charge in [-0.25, -0.2) is 4.39 Å². The Morgan fingerprint density at radius 1 is 1.29 bits per heavy atom. The lowest BCUT2D eigenvalue weighted by atomic mass is 9.88. The van der Waals surface area contributed by atoms with Crippen LogP contribution < -0.4 is 11.1 Å². The van der Waals surface area contributed by atoms with Crippen LogP contribution >= 0.6 is 0 Å². The van der Waals surface area contributed by atoms with Crippen molar-refractivity contribution in [2.24, 2.45) is 10.7 Å². The van der Waals surface area contributed by atoms with Crippen LogP contribution in [0.15, 0.2) is 29.3 Å². The lowest BCUT2D eigenvalue weighted by Gasteiger charge is -2.28. The van der Waals surface area contributed by atoms with Crippen LogP contribution in [0.3, 0.4) is 0 Å². The van der Waals surface area contributed by atoms with Gasteiger partial charge in [0.15, 0.2) is 0 Å². The molecule has 1 fully saturated rings. The quantitative estimate of drug-likeness (QED) is 0.771. The van der Waals surface area contributed by atoms with E-state index in [1.165, 1.54) is 6.07 Å². The molecule has 0 radical (unpaired) electrons. The maximum absolute atomic E-state index is 13.7. The molecule has 0 spiro atoms. The van der Waals surface area contributed by atoms with E-state index in [0.29, 0.717) is 11.4 Å². The van der Waals surface area contributed by atoms with Crippen LogP contribution in [0.4, 0.5) is 4.39 Å². The van der Waals surface area contributed by atoms with Gasteiger partial charge in [-0.2, -0.15) is 0 Å². The molecule has 0 bridgehead atoms. The fraction of sp³-hybridized carbons (Fsp3) is 0.462. The Labute approximate surface area is 99.9 Å². The number of fused-ring (bicyclic) bond motifs is 1. The molecule has 1 aromatic rings. The summed E-state index contributed by atoms with van der Waals surface area (Å²) in [7, 11) is 0. The van der Waals surface area contributed by atoms with Crippen molar-refractivity contribution >= 4 is 5.84 Å². The van der Waals surface area contributed by atoms with Gasteiger partial charge in [0.1, 0.15) is 11.7 Å². The van der Waals surface area contributed by atoms with Crippen LogP contribution in [0.1, 0.15) is 24.8 Å². The summed E-state index contributed by atoms with van der Waals surface area (Å²) in [6, 6.07) is 7.55. The molecule has 1 aliphatic carbocycles. The molecule has 1 aromatic carbocycles. The monoisotopic (exact) mass is 233 g/mol. The van der Waals surface area contributed by atoms with E-state index in [1.54, 1.807) is 12.1 Å². The number of nitrogens with zero attached hydrogens (tertiary/aromatic N) is 1. The number of rotatable bonds is 1. The molecule has 3 N–H and O–H groups in total. The summed E-state index contributed by atoms with van der Waals surface area (Å²) >= 11 is 0. The Morgan fingerprint density at radius 2 is 2.12 bits per heavy atom. The first kappa shape index (κ1) is 10.7. The summed E-state index contributed by atoms with van der Waals surface area (Å²) in [6.07, 6.45) is 2.93. The summed E-state index contributed by atoms with van der Waals surface area (Å²) in [6.45, 7) is 0. The Kier molecular flexibility index (Phi) is 2.59. The highest BCUT2D eigenvalue weighted by atomic mass is 19.1. The maximum Gasteiger partial charge on any atom is 0.134 e. The number of benzene rings is 1. The zero-order valence-corrected chi connectivity index (χ0v) is 9.57. The van der Waals surface area contributed by atoms with E-state index in [1.807, 2.05) is 6.07 Å². The van der Waals surface area contributed by atoms with E-state index in [0.717, 1.165) is 19.3 Å². The van der Waals surface area contributed by atoms with Crippen LogP contribution in [-0.4, -0.2) is 24.0 Å². The molecule has 3 unspecified atom stereocenters. The average molecular weight is 233 g/mol. The maximum atomic E-state index is 13.7. The predicted molar refractivity (Wildman–Crippen MR) is 65.5 cm³/mol. The highest BCUT2D eigenvalue weighted by molar-refractivity contribution is 6.00. The van der Waals surface area contributed by atoms with E-state index in [9.17, 15) is 4.39 Å². The normalized spacial score (nSPS) is 31.6. The van der Waals surface area contributed by atoms with Gasteiger partial charge in [0.05, 0.1) is 17.6 Å². The molecule has 17 heavy (non-hydrogen) atoms. The first-order valence-corrected chi connectivity index (χ1v) is 6.09. The van der Waals surface area contributed by atoms with Crippen LogP contribution in [0.2, 0.25) is 0 Å². The molecule has 3 nitrogen and oxygen atoms in total. The van der Waals surface area contributed by atoms with Crippen molar-refractivity contribution in [1.82, 2.24) is 5.32 Å². The van der Waals surface area contributed by atoms with Crippen LogP contribution in [0.5, 0.6) is 0 Å². The van der Waals surface area contributed by atoms with Crippen molar-refractivity contribution in [3.63, 3.8) is 0 Å². The number of hydrogen-bond donors (Lipinski definition) is 2. The van der Waals surface area contributed by atoms with E-state index in [-0.39, 0.29) is 23.9 Å². The number of amidine groups is 1. The molecule has 1 heterocycles. The Morgan fingerprint density at radius 3 is 2.94 bits per heavy atom. The number of hydrogen-bond acceptors (Lipinski definition) is 3. The minimum Gasteiger partial charge on any atom is -0.365 e. The average Bonchev–Trinajstić information content (AvgIpc) is 2.72. The fourth-order valence-electron chi connectivity index (χ4n) is 2.68. The number of nitrogens with two attached hydrogens (primary N) is 1. The highest BCUT2D eigenvalue weighted by Crippen LogP contribution is 2.26. The first-order chi connectivity index (χ1) is 8.24. The van der Waals surface area contributed by atoms with Gasteiger partial charge < -0.3 is 11.1 Å². The van der Waals surface area contributed by atoms with E-state index in [4.69, 9.17) is 5.73 Å². The third-order valence-electron chi connectivity index (χ3n) is 3.60. The van der Waals surface area contributed by atoms with Gasteiger partial charge >= 0.3 is 0 Å². The zero-order valence-electron chi connectivity index (χ0n) is 9.57. The third kappa shape index (κ3) is 1.93. The molecule has 2 aliphatic rings. The van der Waals surface area contributed by atoms with Gasteiger partial charge in [0, 0.05) is 6.04 Å². The Hall–Kier alpha value is -1.42. The molecular formula is C13H16FN3. The number of aliphatic imine (C=N–C) groups is 1. The summed E-state index contributed by atoms with van der Waals surface area (Å²) in [5.74, 6) is 0.467. The molecule has 0 amide bonds. The lowest BCUT2D eigenvalue weighted by Crippen LogP contribution is -2.44. The second-order valence-electron chi connectivity index (χ2n) is 4.85. The number of nitrogens with one attached hydrogen (secondary N) is 1. The Bertz CT molecular complexity index is 458. The summed E-state index contributed by atoms with van der Waals surface area (Å²) < 4.78 is 13.7. The third-order valence-corrected chi connectivity index (χ3v) is 3.60. The van der Waals surface area contributed by atoms with Crippen molar-refractivity contribution in [3.05, 3.63) is 35.6 Å². The fourth-order valence-corrected chi connectivity index (χ4v) is 2.68. The number of halogens is 1. The van der Waals surface area contributed by atoms with Gasteiger partial charge in [-0.15, -0.1) is 0 Å². The lowest BCUT2D eigenvalue weighted by molar-refractivity contribution is 0.347. The largest absolute Gasteiger partial charge is 0.365 e. The van der Waals surface area contributed by atoms with Crippen molar-refractivity contribution in [3.8, 4) is 0 Å². The van der Waals surface area contributed by atoms with Gasteiger partial charge in [0.2, 0.25) is 0 Å². The molecular weight excluding hydrogens is 217 g/mol. The smallest absolute Gasteiger partial charge is 0.134 e. The van der Waals surface area contributed by atoms with Crippen LogP contribution in [0, 0.1) is 5.82 Å². The van der Waals surface area contributed by atoms with E-state index in [2.05, 4.69) is 10.3 Å². The van der Waals surface area contributed by atoms with Crippen LogP contribution in [-0.2, 0) is 0 Å². The second kappa shape index (κ2) is 4.11. The van der Waals surface area contributed by atoms with Gasteiger partial charge in [-0.05, 0) is 31.4 Å². The van der Waals surface area contributed by atoms with Crippen molar-refractivity contribution in [2.45, 2.75) is 37.4 Å². The minimum absolute atomic E-state index is 0.221. The molecule has 3 rings (SSSR count). The van der Waals surface area contributed by atoms with Gasteiger partial charge in [0.25, 0.3) is 0 Å². The highest BCUT2D eigenvalue weighted by Gasteiger charge is 2.34. The molecule has 0 aromatic heterocycles. The molecule has 3 atom stereocenters. The van der Waals surface area contributed by atoms with E-state index >= 15 is 0 Å². The SMILES string of the molecule is NC1CCC2N=C(c3ccccc3F)NC2C1. The molecule has 0 saturated heterocycles. The standard InChI is InChI=1S/C13H16FN3/c14-10-4-2-1-3-9(10)13-16-11-6-5-8(15)7-12(11)17-13/h1-4,8,11-12H,5-7,15H2,(H,16,17). The minimum atomic E-state index is -0.221. The molecule has 4 heteroatoms. The zero-order chi connectivity index (χ0) is 11.8. The van der Waals surface area contributed by atoms with Crippen molar-refractivity contribution in [1.29, 1.82) is 0 Å². The van der Waals surface area contributed by atoms with Crippen molar-refractivity contribution in [2.75, 3.05) is 0 Å². The molecule has 1 aliphatic heterocycles. The van der Waals surface area contributed by atoms with Crippen LogP contribution in [0.25, 0.3) is 0 Å².